The fourth-order valence-electron chi connectivity index (χ4n) is 1.46. The van der Waals surface area contributed by atoms with Crippen LogP contribution in [0.15, 0.2) is 0 Å². The first-order valence-corrected chi connectivity index (χ1v) is 7.98. The van der Waals surface area contributed by atoms with Crippen molar-refractivity contribution in [2.45, 2.75) is 46.0 Å². The molecule has 0 aliphatic heterocycles. The van der Waals surface area contributed by atoms with E-state index in [4.69, 9.17) is 5.90 Å². The summed E-state index contributed by atoms with van der Waals surface area (Å²) < 4.78 is 0. The van der Waals surface area contributed by atoms with Crippen molar-refractivity contribution in [3.05, 3.63) is 0 Å². The zero-order valence-electron chi connectivity index (χ0n) is 11.7. The molecule has 0 aliphatic rings. The highest BCUT2D eigenvalue weighted by Gasteiger charge is 2.00. The van der Waals surface area contributed by atoms with Gasteiger partial charge in [-0.3, -0.25) is 4.79 Å². The molecule has 0 atom stereocenters. The molecule has 0 unspecified atom stereocenters. The number of unbranched alkanes of at least 4 members (excludes halogenated alkanes) is 2. The van der Waals surface area contributed by atoms with Gasteiger partial charge in [0.1, 0.15) is 0 Å². The van der Waals surface area contributed by atoms with Crippen LogP contribution in [0.4, 0.5) is 0 Å². The lowest BCUT2D eigenvalue weighted by Crippen LogP contribution is -2.24. The molecule has 0 spiro atoms. The molecular weight excluding hydrogens is 248 g/mol. The van der Waals surface area contributed by atoms with Crippen molar-refractivity contribution in [1.82, 2.24) is 5.32 Å². The molecular formula is C13H28N2O2S. The summed E-state index contributed by atoms with van der Waals surface area (Å²) in [6, 6.07) is 0. The summed E-state index contributed by atoms with van der Waals surface area (Å²) in [4.78, 5) is 15.9. The van der Waals surface area contributed by atoms with E-state index in [-0.39, 0.29) is 5.91 Å². The highest BCUT2D eigenvalue weighted by atomic mass is 32.2. The van der Waals surface area contributed by atoms with E-state index in [1.54, 1.807) is 0 Å². The molecule has 0 saturated carbocycles. The average Bonchev–Trinajstić information content (AvgIpc) is 2.33. The summed E-state index contributed by atoms with van der Waals surface area (Å²) in [6.45, 7) is 5.83. The van der Waals surface area contributed by atoms with Crippen LogP contribution in [0.2, 0.25) is 0 Å². The second-order valence-corrected chi connectivity index (χ2v) is 6.00. The standard InChI is InChI=1S/C13H28N2O2S/c1-12(2)11-18-10-6-8-15-13(16)7-4-3-5-9-17-14/h12H,3-11,14H2,1-2H3,(H,15,16). The van der Waals surface area contributed by atoms with Crippen LogP contribution >= 0.6 is 11.8 Å². The van der Waals surface area contributed by atoms with Crippen LogP contribution in [0.25, 0.3) is 0 Å². The lowest BCUT2D eigenvalue weighted by atomic mass is 10.2. The van der Waals surface area contributed by atoms with E-state index in [1.807, 2.05) is 11.8 Å². The molecule has 0 heterocycles. The molecule has 0 fully saturated rings. The fourth-order valence-corrected chi connectivity index (χ4v) is 2.44. The molecule has 0 rings (SSSR count). The highest BCUT2D eigenvalue weighted by Crippen LogP contribution is 2.08. The number of carbonyl (C=O) groups is 1. The van der Waals surface area contributed by atoms with E-state index in [0.29, 0.717) is 13.0 Å². The number of nitrogens with one attached hydrogen (secondary N) is 1. The maximum atomic E-state index is 11.4. The Hall–Kier alpha value is -0.260. The normalized spacial score (nSPS) is 10.9. The SMILES string of the molecule is CC(C)CSCCCNC(=O)CCCCCON. The Morgan fingerprint density at radius 1 is 1.28 bits per heavy atom. The van der Waals surface area contributed by atoms with Gasteiger partial charge in [0.25, 0.3) is 0 Å². The minimum Gasteiger partial charge on any atom is -0.356 e. The first-order valence-electron chi connectivity index (χ1n) is 6.83. The van der Waals surface area contributed by atoms with Gasteiger partial charge in [0.15, 0.2) is 0 Å². The van der Waals surface area contributed by atoms with Crippen molar-refractivity contribution in [3.63, 3.8) is 0 Å². The van der Waals surface area contributed by atoms with Crippen LogP contribution in [-0.4, -0.2) is 30.6 Å². The van der Waals surface area contributed by atoms with Gasteiger partial charge in [-0.15, -0.1) is 0 Å². The van der Waals surface area contributed by atoms with Crippen molar-refractivity contribution in [2.24, 2.45) is 11.8 Å². The molecule has 4 nitrogen and oxygen atoms in total. The van der Waals surface area contributed by atoms with Crippen LogP contribution in [0.5, 0.6) is 0 Å². The van der Waals surface area contributed by atoms with Crippen molar-refractivity contribution in [3.8, 4) is 0 Å². The molecule has 0 radical (unpaired) electrons. The summed E-state index contributed by atoms with van der Waals surface area (Å²) in [5.74, 6) is 8.17. The lowest BCUT2D eigenvalue weighted by molar-refractivity contribution is -0.121. The number of rotatable bonds is 12. The third kappa shape index (κ3) is 13.8. The van der Waals surface area contributed by atoms with E-state index in [9.17, 15) is 4.79 Å². The van der Waals surface area contributed by atoms with Gasteiger partial charge in [0.2, 0.25) is 5.91 Å². The molecule has 0 aromatic heterocycles. The topological polar surface area (TPSA) is 64.3 Å². The molecule has 18 heavy (non-hydrogen) atoms. The number of hydrogen-bond donors (Lipinski definition) is 2. The molecule has 5 heteroatoms. The van der Waals surface area contributed by atoms with Gasteiger partial charge in [-0.1, -0.05) is 20.3 Å². The molecule has 0 aliphatic carbocycles. The van der Waals surface area contributed by atoms with E-state index < -0.39 is 0 Å². The Morgan fingerprint density at radius 3 is 2.72 bits per heavy atom. The molecule has 0 bridgehead atoms. The van der Waals surface area contributed by atoms with Gasteiger partial charge >= 0.3 is 0 Å². The maximum Gasteiger partial charge on any atom is 0.219 e. The Balaban J connectivity index is 3.17. The number of thioether (sulfide) groups is 1. The van der Waals surface area contributed by atoms with E-state index in [2.05, 4.69) is 24.0 Å². The predicted molar refractivity (Wildman–Crippen MR) is 78.4 cm³/mol. The van der Waals surface area contributed by atoms with Gasteiger partial charge in [0, 0.05) is 13.0 Å². The van der Waals surface area contributed by atoms with Crippen LogP contribution in [0.3, 0.4) is 0 Å². The summed E-state index contributed by atoms with van der Waals surface area (Å²) in [5.41, 5.74) is 0. The van der Waals surface area contributed by atoms with Gasteiger partial charge in [-0.05, 0) is 36.7 Å². The van der Waals surface area contributed by atoms with E-state index in [0.717, 1.165) is 43.9 Å². The zero-order chi connectivity index (χ0) is 13.6. The van der Waals surface area contributed by atoms with Gasteiger partial charge in [-0.25, -0.2) is 5.90 Å². The zero-order valence-corrected chi connectivity index (χ0v) is 12.6. The Kier molecular flexibility index (Phi) is 13.0. The van der Waals surface area contributed by atoms with Crippen molar-refractivity contribution in [2.75, 3.05) is 24.7 Å². The third-order valence-electron chi connectivity index (χ3n) is 2.40. The number of hydrogen-bond acceptors (Lipinski definition) is 4. The molecule has 108 valence electrons. The first kappa shape index (κ1) is 17.7. The molecule has 1 amide bonds. The summed E-state index contributed by atoms with van der Waals surface area (Å²) >= 11 is 1.96. The minimum absolute atomic E-state index is 0.164. The Morgan fingerprint density at radius 2 is 2.06 bits per heavy atom. The minimum atomic E-state index is 0.164. The second kappa shape index (κ2) is 13.2. The highest BCUT2D eigenvalue weighted by molar-refractivity contribution is 7.99. The van der Waals surface area contributed by atoms with E-state index in [1.165, 1.54) is 5.75 Å². The number of carbonyl (C=O) groups excluding carboxylic acids is 1. The summed E-state index contributed by atoms with van der Waals surface area (Å²) in [5, 5.41) is 2.95. The summed E-state index contributed by atoms with van der Waals surface area (Å²) in [7, 11) is 0. The molecule has 0 saturated heterocycles. The Bertz CT molecular complexity index is 201. The number of amides is 1. The smallest absolute Gasteiger partial charge is 0.219 e. The van der Waals surface area contributed by atoms with Gasteiger partial charge in [0.05, 0.1) is 6.61 Å². The van der Waals surface area contributed by atoms with Gasteiger partial charge < -0.3 is 10.2 Å². The average molecular weight is 276 g/mol. The monoisotopic (exact) mass is 276 g/mol. The molecule has 3 N–H and O–H groups in total. The van der Waals surface area contributed by atoms with Gasteiger partial charge in [-0.2, -0.15) is 11.8 Å². The molecule has 0 aromatic carbocycles. The Labute approximate surface area is 115 Å². The quantitative estimate of drug-likeness (QED) is 0.424. The predicted octanol–water partition coefficient (Wildman–Crippen LogP) is 2.33. The van der Waals surface area contributed by atoms with Crippen LogP contribution < -0.4 is 11.2 Å². The van der Waals surface area contributed by atoms with Crippen molar-refractivity contribution < 1.29 is 9.63 Å². The molecule has 0 aromatic rings. The number of nitrogens with two attached hydrogens (primary N) is 1. The lowest BCUT2D eigenvalue weighted by Gasteiger charge is -2.06. The second-order valence-electron chi connectivity index (χ2n) is 4.85. The largest absolute Gasteiger partial charge is 0.356 e. The van der Waals surface area contributed by atoms with Crippen LogP contribution in [0, 0.1) is 5.92 Å². The maximum absolute atomic E-state index is 11.4. The third-order valence-corrected chi connectivity index (χ3v) is 3.88. The summed E-state index contributed by atoms with van der Waals surface area (Å²) in [6.07, 6.45) is 4.51. The fraction of sp³-hybridized carbons (Fsp3) is 0.923. The van der Waals surface area contributed by atoms with Crippen LogP contribution in [0.1, 0.15) is 46.0 Å². The van der Waals surface area contributed by atoms with E-state index >= 15 is 0 Å². The van der Waals surface area contributed by atoms with Crippen molar-refractivity contribution in [1.29, 1.82) is 0 Å². The van der Waals surface area contributed by atoms with Crippen LogP contribution in [-0.2, 0) is 9.63 Å². The first-order chi connectivity index (χ1) is 8.66. The van der Waals surface area contributed by atoms with Crippen molar-refractivity contribution >= 4 is 17.7 Å².